The summed E-state index contributed by atoms with van der Waals surface area (Å²) >= 11 is 0. The fourth-order valence-corrected chi connectivity index (χ4v) is 1.59. The Labute approximate surface area is 108 Å². The summed E-state index contributed by atoms with van der Waals surface area (Å²) in [5, 5.41) is 0. The molecule has 1 rings (SSSR count). The van der Waals surface area contributed by atoms with Crippen LogP contribution in [0, 0.1) is 0 Å². The Morgan fingerprint density at radius 3 is 2.61 bits per heavy atom. The van der Waals surface area contributed by atoms with E-state index in [1.54, 1.807) is 14.0 Å². The zero-order valence-corrected chi connectivity index (χ0v) is 11.0. The lowest BCUT2D eigenvalue weighted by molar-refractivity contribution is -0.137. The number of carbonyl (C=O) groups is 1. The van der Waals surface area contributed by atoms with E-state index in [9.17, 15) is 4.79 Å². The number of esters is 1. The fraction of sp³-hybridized carbons (Fsp3) is 0.400. The van der Waals surface area contributed by atoms with Gasteiger partial charge in [-0.3, -0.25) is 0 Å². The molecule has 1 aromatic carbocycles. The lowest BCUT2D eigenvalue weighted by Crippen LogP contribution is -1.98. The van der Waals surface area contributed by atoms with E-state index in [1.165, 1.54) is 11.6 Å². The van der Waals surface area contributed by atoms with Gasteiger partial charge in [0.2, 0.25) is 0 Å². The molecule has 0 aliphatic rings. The van der Waals surface area contributed by atoms with Crippen molar-refractivity contribution < 1.29 is 14.3 Å². The van der Waals surface area contributed by atoms with Gasteiger partial charge in [-0.25, -0.2) is 4.79 Å². The minimum atomic E-state index is -0.262. The molecular formula is C15H20O3. The van der Waals surface area contributed by atoms with Crippen LogP contribution < -0.4 is 4.74 Å². The van der Waals surface area contributed by atoms with Crippen molar-refractivity contribution in [1.82, 2.24) is 0 Å². The van der Waals surface area contributed by atoms with Gasteiger partial charge < -0.3 is 9.47 Å². The summed E-state index contributed by atoms with van der Waals surface area (Å²) in [5.41, 5.74) is 1.28. The Morgan fingerprint density at radius 2 is 2.00 bits per heavy atom. The maximum atomic E-state index is 11.0. The van der Waals surface area contributed by atoms with Gasteiger partial charge >= 0.3 is 5.97 Å². The van der Waals surface area contributed by atoms with Gasteiger partial charge in [-0.2, -0.15) is 0 Å². The van der Waals surface area contributed by atoms with Crippen molar-refractivity contribution in [2.24, 2.45) is 0 Å². The van der Waals surface area contributed by atoms with Crippen LogP contribution in [-0.4, -0.2) is 19.7 Å². The first-order chi connectivity index (χ1) is 8.76. The number of rotatable bonds is 7. The highest BCUT2D eigenvalue weighted by atomic mass is 16.5. The summed E-state index contributed by atoms with van der Waals surface area (Å²) in [6, 6.07) is 8.05. The van der Waals surface area contributed by atoms with Crippen molar-refractivity contribution in [3.63, 3.8) is 0 Å². The smallest absolute Gasteiger partial charge is 0.330 e. The van der Waals surface area contributed by atoms with Gasteiger partial charge in [-0.1, -0.05) is 18.2 Å². The maximum Gasteiger partial charge on any atom is 0.330 e. The van der Waals surface area contributed by atoms with E-state index < -0.39 is 0 Å². The molecule has 1 aromatic rings. The molecule has 0 radical (unpaired) electrons. The topological polar surface area (TPSA) is 35.5 Å². The molecule has 0 fully saturated rings. The van der Waals surface area contributed by atoms with Gasteiger partial charge in [0.25, 0.3) is 0 Å². The van der Waals surface area contributed by atoms with Crippen LogP contribution in [0.3, 0.4) is 0 Å². The van der Waals surface area contributed by atoms with Crippen molar-refractivity contribution in [3.8, 4) is 5.75 Å². The fourth-order valence-electron chi connectivity index (χ4n) is 1.59. The van der Waals surface area contributed by atoms with Crippen molar-refractivity contribution in [2.75, 3.05) is 13.7 Å². The summed E-state index contributed by atoms with van der Waals surface area (Å²) in [6.45, 7) is 2.23. The highest BCUT2D eigenvalue weighted by Crippen LogP contribution is 2.13. The molecule has 0 bridgehead atoms. The van der Waals surface area contributed by atoms with E-state index in [2.05, 4.69) is 12.1 Å². The maximum absolute atomic E-state index is 11.0. The van der Waals surface area contributed by atoms with Crippen LogP contribution in [-0.2, 0) is 16.0 Å². The number of hydrogen-bond acceptors (Lipinski definition) is 3. The van der Waals surface area contributed by atoms with Crippen LogP contribution in [0.2, 0.25) is 0 Å². The van der Waals surface area contributed by atoms with E-state index in [-0.39, 0.29) is 5.97 Å². The SMILES string of the molecule is CCOC(=O)C=CCCCc1ccc(OC)cc1. The summed E-state index contributed by atoms with van der Waals surface area (Å²) in [6.07, 6.45) is 6.25. The third-order valence-corrected chi connectivity index (χ3v) is 2.54. The second-order valence-corrected chi connectivity index (χ2v) is 3.89. The average Bonchev–Trinajstić information content (AvgIpc) is 2.39. The Morgan fingerprint density at radius 1 is 1.28 bits per heavy atom. The van der Waals surface area contributed by atoms with E-state index in [4.69, 9.17) is 9.47 Å². The predicted octanol–water partition coefficient (Wildman–Crippen LogP) is 3.14. The quantitative estimate of drug-likeness (QED) is 0.422. The molecule has 0 aliphatic carbocycles. The molecule has 0 atom stereocenters. The molecule has 0 N–H and O–H groups in total. The molecule has 0 unspecified atom stereocenters. The van der Waals surface area contributed by atoms with Crippen molar-refractivity contribution >= 4 is 5.97 Å². The number of hydrogen-bond donors (Lipinski definition) is 0. The number of methoxy groups -OCH3 is 1. The van der Waals surface area contributed by atoms with Crippen molar-refractivity contribution in [1.29, 1.82) is 0 Å². The first kappa shape index (κ1) is 14.3. The highest BCUT2D eigenvalue weighted by Gasteiger charge is 1.95. The van der Waals surface area contributed by atoms with Gasteiger partial charge in [0.1, 0.15) is 5.75 Å². The summed E-state index contributed by atoms with van der Waals surface area (Å²) in [7, 11) is 1.66. The minimum absolute atomic E-state index is 0.262. The number of ether oxygens (including phenoxy) is 2. The molecule has 3 nitrogen and oxygen atoms in total. The second-order valence-electron chi connectivity index (χ2n) is 3.89. The van der Waals surface area contributed by atoms with Crippen LogP contribution >= 0.6 is 0 Å². The number of aryl methyl sites for hydroxylation is 1. The molecule has 3 heteroatoms. The third kappa shape index (κ3) is 5.53. The highest BCUT2D eigenvalue weighted by molar-refractivity contribution is 5.81. The Balaban J connectivity index is 2.23. The van der Waals surface area contributed by atoms with E-state index in [0.29, 0.717) is 6.61 Å². The number of carbonyl (C=O) groups excluding carboxylic acids is 1. The number of unbranched alkanes of at least 4 members (excludes halogenated alkanes) is 1. The molecule has 18 heavy (non-hydrogen) atoms. The van der Waals surface area contributed by atoms with Gasteiger partial charge in [-0.05, 0) is 43.9 Å². The van der Waals surface area contributed by atoms with Crippen LogP contribution in [0.4, 0.5) is 0 Å². The Bertz CT molecular complexity index is 379. The van der Waals surface area contributed by atoms with Crippen LogP contribution in [0.5, 0.6) is 5.75 Å². The lowest BCUT2D eigenvalue weighted by Gasteiger charge is -2.02. The lowest BCUT2D eigenvalue weighted by atomic mass is 10.1. The van der Waals surface area contributed by atoms with Crippen molar-refractivity contribution in [2.45, 2.75) is 26.2 Å². The predicted molar refractivity (Wildman–Crippen MR) is 71.7 cm³/mol. The molecule has 98 valence electrons. The normalized spacial score (nSPS) is 10.6. The summed E-state index contributed by atoms with van der Waals surface area (Å²) < 4.78 is 9.89. The van der Waals surface area contributed by atoms with Gasteiger partial charge in [0, 0.05) is 6.08 Å². The molecule has 0 heterocycles. The Hall–Kier alpha value is -1.77. The minimum Gasteiger partial charge on any atom is -0.497 e. The molecule has 0 aromatic heterocycles. The molecule has 0 saturated carbocycles. The molecule has 0 saturated heterocycles. The summed E-state index contributed by atoms with van der Waals surface area (Å²) in [4.78, 5) is 11.0. The van der Waals surface area contributed by atoms with E-state index >= 15 is 0 Å². The summed E-state index contributed by atoms with van der Waals surface area (Å²) in [5.74, 6) is 0.614. The first-order valence-electron chi connectivity index (χ1n) is 6.22. The monoisotopic (exact) mass is 248 g/mol. The van der Waals surface area contributed by atoms with Crippen LogP contribution in [0.25, 0.3) is 0 Å². The van der Waals surface area contributed by atoms with E-state index in [1.807, 2.05) is 18.2 Å². The van der Waals surface area contributed by atoms with Gasteiger partial charge in [0.15, 0.2) is 0 Å². The van der Waals surface area contributed by atoms with Crippen LogP contribution in [0.15, 0.2) is 36.4 Å². The van der Waals surface area contributed by atoms with Gasteiger partial charge in [0.05, 0.1) is 13.7 Å². The molecular weight excluding hydrogens is 228 g/mol. The number of allylic oxidation sites excluding steroid dienone is 1. The third-order valence-electron chi connectivity index (χ3n) is 2.54. The average molecular weight is 248 g/mol. The standard InChI is InChI=1S/C15H20O3/c1-3-18-15(16)8-6-4-5-7-13-9-11-14(17-2)12-10-13/h6,8-12H,3-5,7H2,1-2H3. The molecule has 0 aliphatic heterocycles. The molecule has 0 amide bonds. The van der Waals surface area contributed by atoms with E-state index in [0.717, 1.165) is 25.0 Å². The zero-order chi connectivity index (χ0) is 13.2. The second kappa shape index (κ2) is 8.34. The number of benzene rings is 1. The largest absolute Gasteiger partial charge is 0.497 e. The molecule has 0 spiro atoms. The Kier molecular flexibility index (Phi) is 6.62. The van der Waals surface area contributed by atoms with Crippen molar-refractivity contribution in [3.05, 3.63) is 42.0 Å². The first-order valence-corrected chi connectivity index (χ1v) is 6.22. The van der Waals surface area contributed by atoms with Crippen LogP contribution in [0.1, 0.15) is 25.3 Å². The zero-order valence-electron chi connectivity index (χ0n) is 11.0. The van der Waals surface area contributed by atoms with Gasteiger partial charge in [-0.15, -0.1) is 0 Å².